The highest BCUT2D eigenvalue weighted by Gasteiger charge is 2.46. The number of hydrogen-bond donors (Lipinski definition) is 0. The van der Waals surface area contributed by atoms with Crippen LogP contribution in [-0.2, 0) is 5.41 Å². The number of fused-ring (bicyclic) bond motifs is 7. The van der Waals surface area contributed by atoms with Gasteiger partial charge in [0.1, 0.15) is 0 Å². The molecule has 0 saturated carbocycles. The third kappa shape index (κ3) is 6.94. The Morgan fingerprint density at radius 1 is 0.274 bits per heavy atom. The van der Waals surface area contributed by atoms with E-state index in [4.69, 9.17) is 0 Å². The van der Waals surface area contributed by atoms with Crippen LogP contribution in [0.2, 0.25) is 0 Å². The monoisotopic (exact) mass is 928 g/mol. The molecule has 0 atom stereocenters. The van der Waals surface area contributed by atoms with Gasteiger partial charge in [0.2, 0.25) is 0 Å². The summed E-state index contributed by atoms with van der Waals surface area (Å²) < 4.78 is 2.39. The maximum atomic E-state index is 2.46. The van der Waals surface area contributed by atoms with Crippen LogP contribution in [-0.4, -0.2) is 4.57 Å². The topological polar surface area (TPSA) is 8.17 Å². The van der Waals surface area contributed by atoms with Gasteiger partial charge in [0, 0.05) is 33.5 Å². The predicted molar refractivity (Wildman–Crippen MR) is 307 cm³/mol. The van der Waals surface area contributed by atoms with E-state index in [1.165, 1.54) is 93.8 Å². The molecule has 13 aromatic rings. The van der Waals surface area contributed by atoms with E-state index in [1.807, 2.05) is 0 Å². The summed E-state index contributed by atoms with van der Waals surface area (Å²) in [5.41, 5.74) is 21.0. The highest BCUT2D eigenvalue weighted by Crippen LogP contribution is 2.57. The summed E-state index contributed by atoms with van der Waals surface area (Å²) in [6.45, 7) is 0. The quantitative estimate of drug-likeness (QED) is 0.140. The molecule has 73 heavy (non-hydrogen) atoms. The lowest BCUT2D eigenvalue weighted by Crippen LogP contribution is -2.28. The SMILES string of the molecule is c1ccc(-n2c3ccccc3c3ccc(-c4cccc(-c5ccc(N(c6ccc(-c7cccc8ccccc78)cc6)c6ccc7c(c6)C(c6ccccc6)(c6ccccc6)c6ccccc6-7)cc5)c4)cc32)cc1. The van der Waals surface area contributed by atoms with E-state index in [-0.39, 0.29) is 0 Å². The van der Waals surface area contributed by atoms with Gasteiger partial charge in [-0.25, -0.2) is 0 Å². The van der Waals surface area contributed by atoms with E-state index in [9.17, 15) is 0 Å². The first kappa shape index (κ1) is 42.4. The Kier molecular flexibility index (Phi) is 10.1. The Morgan fingerprint density at radius 2 is 0.781 bits per heavy atom. The van der Waals surface area contributed by atoms with Crippen LogP contribution in [0.3, 0.4) is 0 Å². The first-order chi connectivity index (χ1) is 36.2. The molecular weight excluding hydrogens is 881 g/mol. The molecule has 2 nitrogen and oxygen atoms in total. The maximum Gasteiger partial charge on any atom is 0.0714 e. The first-order valence-electron chi connectivity index (χ1n) is 25.2. The van der Waals surface area contributed by atoms with Crippen LogP contribution in [0, 0.1) is 0 Å². The molecule has 1 aromatic heterocycles. The zero-order valence-corrected chi connectivity index (χ0v) is 40.1. The standard InChI is InChI=1S/C71H48N2/c1-4-22-55(23-5-1)71(56-24-6-2-7-25-56)67-32-14-12-29-63(67)64-45-43-60(48-68(64)71)72(59-41-36-51(37-42-59)62-31-17-19-50-18-10-11-28-61(50)62)58-39-34-49(35-40-58)52-20-16-21-53(46-52)54-38-44-66-65-30-13-15-33-69(65)73(70(66)47-54)57-26-8-3-9-27-57/h1-48H. The zero-order valence-electron chi connectivity index (χ0n) is 40.1. The Morgan fingerprint density at radius 3 is 1.52 bits per heavy atom. The van der Waals surface area contributed by atoms with Gasteiger partial charge in [-0.05, 0) is 144 Å². The van der Waals surface area contributed by atoms with Crippen molar-refractivity contribution in [3.63, 3.8) is 0 Å². The van der Waals surface area contributed by atoms with Gasteiger partial charge in [-0.2, -0.15) is 0 Å². The van der Waals surface area contributed by atoms with Crippen LogP contribution >= 0.6 is 0 Å². The Bertz CT molecular complexity index is 4130. The second kappa shape index (κ2) is 17.4. The molecule has 12 aromatic carbocycles. The van der Waals surface area contributed by atoms with Crippen molar-refractivity contribution >= 4 is 49.6 Å². The number of hydrogen-bond acceptors (Lipinski definition) is 1. The van der Waals surface area contributed by atoms with Crippen molar-refractivity contribution < 1.29 is 0 Å². The number of rotatable bonds is 9. The second-order valence-electron chi connectivity index (χ2n) is 19.2. The molecule has 2 heteroatoms. The summed E-state index contributed by atoms with van der Waals surface area (Å²) >= 11 is 0. The van der Waals surface area contributed by atoms with Crippen molar-refractivity contribution in [3.8, 4) is 50.2 Å². The molecular formula is C71H48N2. The predicted octanol–water partition coefficient (Wildman–Crippen LogP) is 18.8. The molecule has 0 amide bonds. The number of aromatic nitrogens is 1. The lowest BCUT2D eigenvalue weighted by atomic mass is 9.67. The maximum absolute atomic E-state index is 2.46. The Balaban J connectivity index is 0.893. The molecule has 0 bridgehead atoms. The van der Waals surface area contributed by atoms with Crippen molar-refractivity contribution in [2.45, 2.75) is 5.41 Å². The average molecular weight is 929 g/mol. The van der Waals surface area contributed by atoms with Gasteiger partial charge in [0.05, 0.1) is 16.4 Å². The van der Waals surface area contributed by atoms with E-state index in [1.54, 1.807) is 0 Å². The molecule has 0 fully saturated rings. The van der Waals surface area contributed by atoms with E-state index in [0.29, 0.717) is 0 Å². The minimum atomic E-state index is -0.522. The van der Waals surface area contributed by atoms with E-state index in [0.717, 1.165) is 28.3 Å². The van der Waals surface area contributed by atoms with E-state index < -0.39 is 5.41 Å². The lowest BCUT2D eigenvalue weighted by Gasteiger charge is -2.35. The molecule has 1 aliphatic carbocycles. The summed E-state index contributed by atoms with van der Waals surface area (Å²) in [4.78, 5) is 2.43. The minimum Gasteiger partial charge on any atom is -0.310 e. The van der Waals surface area contributed by atoms with E-state index >= 15 is 0 Å². The van der Waals surface area contributed by atoms with Gasteiger partial charge in [-0.15, -0.1) is 0 Å². The van der Waals surface area contributed by atoms with Crippen molar-refractivity contribution in [1.82, 2.24) is 4.57 Å². The van der Waals surface area contributed by atoms with Gasteiger partial charge in [0.15, 0.2) is 0 Å². The summed E-state index contributed by atoms with van der Waals surface area (Å²) in [5.74, 6) is 0. The van der Waals surface area contributed by atoms with Gasteiger partial charge in [0.25, 0.3) is 0 Å². The highest BCUT2D eigenvalue weighted by atomic mass is 15.1. The number of para-hydroxylation sites is 2. The van der Waals surface area contributed by atoms with Crippen LogP contribution in [0.5, 0.6) is 0 Å². The summed E-state index contributed by atoms with van der Waals surface area (Å²) in [5, 5.41) is 5.00. The normalized spacial score (nSPS) is 12.5. The number of anilines is 3. The van der Waals surface area contributed by atoms with Crippen molar-refractivity contribution in [1.29, 1.82) is 0 Å². The average Bonchev–Trinajstić information content (AvgIpc) is 3.96. The zero-order chi connectivity index (χ0) is 48.3. The minimum absolute atomic E-state index is 0.522. The fourth-order valence-electron chi connectivity index (χ4n) is 12.0. The van der Waals surface area contributed by atoms with E-state index in [2.05, 4.69) is 301 Å². The molecule has 342 valence electrons. The van der Waals surface area contributed by atoms with Crippen molar-refractivity contribution in [3.05, 3.63) is 313 Å². The van der Waals surface area contributed by atoms with Crippen LogP contribution in [0.4, 0.5) is 17.1 Å². The Labute approximate surface area is 426 Å². The highest BCUT2D eigenvalue weighted by molar-refractivity contribution is 6.10. The number of nitrogens with zero attached hydrogens (tertiary/aromatic N) is 2. The molecule has 0 aliphatic heterocycles. The molecule has 1 heterocycles. The smallest absolute Gasteiger partial charge is 0.0714 e. The molecule has 1 aliphatic rings. The van der Waals surface area contributed by atoms with Crippen LogP contribution in [0.25, 0.3) is 82.8 Å². The first-order valence-corrected chi connectivity index (χ1v) is 25.2. The van der Waals surface area contributed by atoms with Crippen molar-refractivity contribution in [2.75, 3.05) is 4.90 Å². The van der Waals surface area contributed by atoms with Crippen LogP contribution < -0.4 is 4.90 Å². The van der Waals surface area contributed by atoms with Crippen LogP contribution in [0.15, 0.2) is 291 Å². The fraction of sp³-hybridized carbons (Fsp3) is 0.0141. The molecule has 0 spiro atoms. The summed E-state index contributed by atoms with van der Waals surface area (Å²) in [7, 11) is 0. The second-order valence-corrected chi connectivity index (χ2v) is 19.2. The summed E-state index contributed by atoms with van der Waals surface area (Å²) in [6, 6.07) is 107. The molecule has 14 rings (SSSR count). The summed E-state index contributed by atoms with van der Waals surface area (Å²) in [6.07, 6.45) is 0. The Hall–Kier alpha value is -9.50. The third-order valence-electron chi connectivity index (χ3n) is 15.3. The van der Waals surface area contributed by atoms with Crippen molar-refractivity contribution in [2.24, 2.45) is 0 Å². The van der Waals surface area contributed by atoms with Gasteiger partial charge in [-0.3, -0.25) is 0 Å². The molecule has 0 N–H and O–H groups in total. The largest absolute Gasteiger partial charge is 0.310 e. The molecule has 0 saturated heterocycles. The fourth-order valence-corrected chi connectivity index (χ4v) is 12.0. The van der Waals surface area contributed by atoms with Crippen LogP contribution in [0.1, 0.15) is 22.3 Å². The van der Waals surface area contributed by atoms with Gasteiger partial charge in [-0.1, -0.05) is 224 Å². The lowest BCUT2D eigenvalue weighted by molar-refractivity contribution is 0.768. The number of benzene rings is 12. The molecule has 0 unspecified atom stereocenters. The molecule has 0 radical (unpaired) electrons. The van der Waals surface area contributed by atoms with Gasteiger partial charge >= 0.3 is 0 Å². The van der Waals surface area contributed by atoms with Gasteiger partial charge < -0.3 is 9.47 Å². The third-order valence-corrected chi connectivity index (χ3v) is 15.3.